The number of amides is 1. The summed E-state index contributed by atoms with van der Waals surface area (Å²) in [6, 6.07) is 24.5. The number of nitrogens with one attached hydrogen (secondary N) is 1. The summed E-state index contributed by atoms with van der Waals surface area (Å²) in [5.74, 6) is 0.579. The van der Waals surface area contributed by atoms with Gasteiger partial charge < -0.3 is 5.32 Å². The zero-order chi connectivity index (χ0) is 20.2. The second-order valence-corrected chi connectivity index (χ2v) is 6.90. The van der Waals surface area contributed by atoms with Crippen molar-refractivity contribution < 1.29 is 4.79 Å². The van der Waals surface area contributed by atoms with Crippen LogP contribution in [0.4, 0.5) is 5.69 Å². The molecule has 0 atom stereocenters. The van der Waals surface area contributed by atoms with Crippen molar-refractivity contribution in [3.8, 4) is 5.69 Å². The third-order valence-electron chi connectivity index (χ3n) is 4.84. The average molecular weight is 383 g/mol. The van der Waals surface area contributed by atoms with Gasteiger partial charge in [-0.25, -0.2) is 4.98 Å². The normalized spacial score (nSPS) is 10.8. The van der Waals surface area contributed by atoms with Gasteiger partial charge in [0.2, 0.25) is 5.91 Å². The van der Waals surface area contributed by atoms with Gasteiger partial charge >= 0.3 is 0 Å². The molecule has 5 heteroatoms. The Bertz CT molecular complexity index is 1210. The van der Waals surface area contributed by atoms with Gasteiger partial charge in [0.15, 0.2) is 0 Å². The Labute approximate surface area is 168 Å². The van der Waals surface area contributed by atoms with E-state index in [1.165, 1.54) is 0 Å². The number of aromatic nitrogens is 2. The molecule has 0 aliphatic heterocycles. The number of hydrogen-bond donors (Lipinski definition) is 1. The number of carbonyl (C=O) groups excluding carboxylic acids is 1. The molecular formula is C24H21N3O2. The molecule has 3 aromatic carbocycles. The lowest BCUT2D eigenvalue weighted by Gasteiger charge is -2.12. The molecule has 0 aliphatic rings. The van der Waals surface area contributed by atoms with Crippen molar-refractivity contribution in [3.05, 3.63) is 101 Å². The third kappa shape index (κ3) is 4.09. The maximum absolute atomic E-state index is 12.9. The van der Waals surface area contributed by atoms with Crippen LogP contribution in [0.15, 0.2) is 83.7 Å². The van der Waals surface area contributed by atoms with Crippen LogP contribution in [0, 0.1) is 6.92 Å². The first-order valence-corrected chi connectivity index (χ1v) is 9.54. The molecule has 0 aliphatic carbocycles. The van der Waals surface area contributed by atoms with Crippen LogP contribution in [0.3, 0.4) is 0 Å². The van der Waals surface area contributed by atoms with Gasteiger partial charge in [0.25, 0.3) is 5.56 Å². The molecule has 0 saturated heterocycles. The van der Waals surface area contributed by atoms with Gasteiger partial charge in [-0.3, -0.25) is 14.2 Å². The fraction of sp³-hybridized carbons (Fsp3) is 0.125. The van der Waals surface area contributed by atoms with Gasteiger partial charge in [0, 0.05) is 12.1 Å². The topological polar surface area (TPSA) is 64.0 Å². The maximum Gasteiger partial charge on any atom is 0.265 e. The van der Waals surface area contributed by atoms with E-state index in [1.54, 1.807) is 22.8 Å². The molecule has 1 amide bonds. The van der Waals surface area contributed by atoms with Crippen molar-refractivity contribution in [3.63, 3.8) is 0 Å². The van der Waals surface area contributed by atoms with Crippen LogP contribution >= 0.6 is 0 Å². The lowest BCUT2D eigenvalue weighted by molar-refractivity contribution is -0.116. The van der Waals surface area contributed by atoms with Gasteiger partial charge in [-0.15, -0.1) is 0 Å². The van der Waals surface area contributed by atoms with Crippen LogP contribution in [0.5, 0.6) is 0 Å². The molecule has 0 spiro atoms. The van der Waals surface area contributed by atoms with Crippen LogP contribution in [-0.2, 0) is 11.2 Å². The van der Waals surface area contributed by atoms with Crippen LogP contribution in [0.2, 0.25) is 0 Å². The number of benzene rings is 3. The van der Waals surface area contributed by atoms with Gasteiger partial charge in [0.1, 0.15) is 5.82 Å². The SMILES string of the molecule is Cc1nc2ccccc2c(=O)n1-c1ccc(NC(=O)CCc2ccccc2)cc1. The molecule has 5 nitrogen and oxygen atoms in total. The molecular weight excluding hydrogens is 362 g/mol. The lowest BCUT2D eigenvalue weighted by atomic mass is 10.1. The molecule has 144 valence electrons. The highest BCUT2D eigenvalue weighted by molar-refractivity contribution is 5.90. The molecule has 0 fully saturated rings. The first kappa shape index (κ1) is 18.6. The predicted molar refractivity (Wildman–Crippen MR) is 115 cm³/mol. The van der Waals surface area contributed by atoms with E-state index in [2.05, 4.69) is 10.3 Å². The van der Waals surface area contributed by atoms with E-state index in [1.807, 2.05) is 67.6 Å². The molecule has 1 N–H and O–H groups in total. The number of rotatable bonds is 5. The molecule has 0 radical (unpaired) electrons. The van der Waals surface area contributed by atoms with Crippen molar-refractivity contribution >= 4 is 22.5 Å². The summed E-state index contributed by atoms with van der Waals surface area (Å²) in [5, 5.41) is 3.49. The molecule has 1 aromatic heterocycles. The summed E-state index contributed by atoms with van der Waals surface area (Å²) in [7, 11) is 0. The molecule has 4 rings (SSSR count). The van der Waals surface area contributed by atoms with Crippen LogP contribution in [0.25, 0.3) is 16.6 Å². The zero-order valence-corrected chi connectivity index (χ0v) is 16.1. The number of para-hydroxylation sites is 1. The first-order chi connectivity index (χ1) is 14.1. The van der Waals surface area contributed by atoms with Crippen molar-refractivity contribution in [1.29, 1.82) is 0 Å². The standard InChI is InChI=1S/C24H21N3O2/c1-17-25-22-10-6-5-9-21(22)24(29)27(17)20-14-12-19(13-15-20)26-23(28)16-11-18-7-3-2-4-8-18/h2-10,12-15H,11,16H2,1H3,(H,26,28). The van der Waals surface area contributed by atoms with Gasteiger partial charge in [-0.2, -0.15) is 0 Å². The number of nitrogens with zero attached hydrogens (tertiary/aromatic N) is 2. The van der Waals surface area contributed by atoms with Crippen molar-refractivity contribution in [2.45, 2.75) is 19.8 Å². The van der Waals surface area contributed by atoms with E-state index in [0.717, 1.165) is 5.56 Å². The van der Waals surface area contributed by atoms with Gasteiger partial charge in [-0.1, -0.05) is 42.5 Å². The van der Waals surface area contributed by atoms with Crippen LogP contribution in [0.1, 0.15) is 17.8 Å². The summed E-state index contributed by atoms with van der Waals surface area (Å²) in [6.45, 7) is 1.81. The lowest BCUT2D eigenvalue weighted by Crippen LogP contribution is -2.22. The van der Waals surface area contributed by atoms with Gasteiger partial charge in [-0.05, 0) is 55.3 Å². The van der Waals surface area contributed by atoms with E-state index in [-0.39, 0.29) is 11.5 Å². The summed E-state index contributed by atoms with van der Waals surface area (Å²) in [6.07, 6.45) is 1.11. The monoisotopic (exact) mass is 383 g/mol. The summed E-state index contributed by atoms with van der Waals surface area (Å²) < 4.78 is 1.59. The van der Waals surface area contributed by atoms with Crippen LogP contribution in [-0.4, -0.2) is 15.5 Å². The summed E-state index contributed by atoms with van der Waals surface area (Å²) in [4.78, 5) is 29.6. The van der Waals surface area contributed by atoms with Crippen molar-refractivity contribution in [2.75, 3.05) is 5.32 Å². The van der Waals surface area contributed by atoms with E-state index in [9.17, 15) is 9.59 Å². The zero-order valence-electron chi connectivity index (χ0n) is 16.1. The largest absolute Gasteiger partial charge is 0.326 e. The molecule has 0 unspecified atom stereocenters. The van der Waals surface area contributed by atoms with E-state index < -0.39 is 0 Å². The first-order valence-electron chi connectivity index (χ1n) is 9.54. The quantitative estimate of drug-likeness (QED) is 0.560. The molecule has 29 heavy (non-hydrogen) atoms. The van der Waals surface area contributed by atoms with Gasteiger partial charge in [0.05, 0.1) is 16.6 Å². The van der Waals surface area contributed by atoms with Crippen molar-refractivity contribution in [1.82, 2.24) is 9.55 Å². The number of hydrogen-bond acceptors (Lipinski definition) is 3. The fourth-order valence-electron chi connectivity index (χ4n) is 3.37. The minimum Gasteiger partial charge on any atom is -0.326 e. The minimum absolute atomic E-state index is 0.0395. The predicted octanol–water partition coefficient (Wildman–Crippen LogP) is 4.27. The highest BCUT2D eigenvalue weighted by Crippen LogP contribution is 2.16. The second kappa shape index (κ2) is 8.10. The Hall–Kier alpha value is -3.73. The third-order valence-corrected chi connectivity index (χ3v) is 4.84. The van der Waals surface area contributed by atoms with E-state index in [4.69, 9.17) is 0 Å². The Kier molecular flexibility index (Phi) is 5.20. The Balaban J connectivity index is 1.50. The Morgan fingerprint density at radius 2 is 1.62 bits per heavy atom. The second-order valence-electron chi connectivity index (χ2n) is 6.90. The smallest absolute Gasteiger partial charge is 0.265 e. The summed E-state index contributed by atoms with van der Waals surface area (Å²) in [5.41, 5.74) is 3.14. The Morgan fingerprint density at radius 1 is 0.931 bits per heavy atom. The number of anilines is 1. The maximum atomic E-state index is 12.9. The number of carbonyl (C=O) groups is 1. The summed E-state index contributed by atoms with van der Waals surface area (Å²) >= 11 is 0. The van der Waals surface area contributed by atoms with E-state index >= 15 is 0 Å². The van der Waals surface area contributed by atoms with Crippen LogP contribution < -0.4 is 10.9 Å². The average Bonchev–Trinajstić information content (AvgIpc) is 2.74. The molecule has 1 heterocycles. The Morgan fingerprint density at radius 3 is 2.38 bits per heavy atom. The van der Waals surface area contributed by atoms with E-state index in [0.29, 0.717) is 40.9 Å². The van der Waals surface area contributed by atoms with Crippen molar-refractivity contribution in [2.24, 2.45) is 0 Å². The number of fused-ring (bicyclic) bond motifs is 1. The molecule has 0 saturated carbocycles. The fourth-order valence-corrected chi connectivity index (χ4v) is 3.37. The highest BCUT2D eigenvalue weighted by atomic mass is 16.1. The molecule has 4 aromatic rings. The highest BCUT2D eigenvalue weighted by Gasteiger charge is 2.10. The minimum atomic E-state index is -0.104. The molecule has 0 bridgehead atoms. The number of aryl methyl sites for hydroxylation is 2.